The van der Waals surface area contributed by atoms with Gasteiger partial charge in [0.05, 0.1) is 0 Å². The number of rotatable bonds is 3. The molecule has 0 aliphatic heterocycles. The Morgan fingerprint density at radius 3 is 1.73 bits per heavy atom. The number of nitrogen functional groups attached to an aromatic ring is 1. The van der Waals surface area contributed by atoms with Crippen LogP contribution in [0.25, 0.3) is 0 Å². The molecule has 8 heteroatoms. The molecule has 2 rings (SSSR count). The lowest BCUT2D eigenvalue weighted by Gasteiger charge is -2.15. The average Bonchev–Trinajstić information content (AvgIpc) is 2.41. The van der Waals surface area contributed by atoms with Gasteiger partial charge < -0.3 is 16.9 Å². The van der Waals surface area contributed by atoms with Crippen LogP contribution in [0, 0.1) is 0 Å². The van der Waals surface area contributed by atoms with Crippen molar-refractivity contribution in [3.05, 3.63) is 65.7 Å². The van der Waals surface area contributed by atoms with Crippen molar-refractivity contribution in [2.24, 2.45) is 5.73 Å². The zero-order valence-electron chi connectivity index (χ0n) is 11.8. The monoisotopic (exact) mass is 328 g/mol. The molecule has 8 N–H and O–H groups in total. The quantitative estimate of drug-likeness (QED) is 0.483. The summed E-state index contributed by atoms with van der Waals surface area (Å²) in [5.74, 6) is 0.252. The summed E-state index contributed by atoms with van der Waals surface area (Å²) in [6.45, 7) is 0.605. The van der Waals surface area contributed by atoms with E-state index >= 15 is 0 Å². The van der Waals surface area contributed by atoms with Gasteiger partial charge in [0.15, 0.2) is 0 Å². The van der Waals surface area contributed by atoms with Gasteiger partial charge in [0.2, 0.25) is 0 Å². The number of nitrogens with two attached hydrogens (primary N) is 2. The first-order chi connectivity index (χ1) is 9.81. The summed E-state index contributed by atoms with van der Waals surface area (Å²) < 4.78 is 31.6. The molecule has 0 spiro atoms. The van der Waals surface area contributed by atoms with Crippen LogP contribution in [-0.4, -0.2) is 29.5 Å². The summed E-state index contributed by atoms with van der Waals surface area (Å²) in [6.07, 6.45) is 0. The maximum Gasteiger partial charge on any atom is 0.394 e. The lowest BCUT2D eigenvalue weighted by atomic mass is 9.91. The van der Waals surface area contributed by atoms with E-state index < -0.39 is 10.4 Å². The Balaban J connectivity index is 0.000000644. The second kappa shape index (κ2) is 9.13. The van der Waals surface area contributed by atoms with Crippen LogP contribution >= 0.6 is 0 Å². The Bertz CT molecular complexity index is 637. The van der Waals surface area contributed by atoms with Crippen LogP contribution in [-0.2, 0) is 10.4 Å². The predicted molar refractivity (Wildman–Crippen MR) is 86.0 cm³/mol. The van der Waals surface area contributed by atoms with Crippen LogP contribution in [0.2, 0.25) is 0 Å². The number of benzene rings is 2. The van der Waals surface area contributed by atoms with Crippen molar-refractivity contribution >= 4 is 16.1 Å². The second-order valence-corrected chi connectivity index (χ2v) is 5.21. The Morgan fingerprint density at radius 2 is 1.32 bits per heavy atom. The van der Waals surface area contributed by atoms with E-state index in [1.165, 1.54) is 11.1 Å². The molecule has 0 aromatic heterocycles. The Kier molecular flexibility index (Phi) is 8.31. The largest absolute Gasteiger partial charge is 0.412 e. The zero-order valence-corrected chi connectivity index (χ0v) is 12.6. The van der Waals surface area contributed by atoms with Crippen molar-refractivity contribution in [3.8, 4) is 0 Å². The van der Waals surface area contributed by atoms with Crippen LogP contribution < -0.4 is 11.5 Å². The Hall–Kier alpha value is -1.97. The molecular weight excluding hydrogens is 308 g/mol. The highest BCUT2D eigenvalue weighted by Gasteiger charge is 2.11. The van der Waals surface area contributed by atoms with Crippen molar-refractivity contribution in [2.45, 2.75) is 5.92 Å². The number of hydrogen-bond acceptors (Lipinski definition) is 4. The molecule has 122 valence electrons. The van der Waals surface area contributed by atoms with E-state index in [4.69, 9.17) is 29.0 Å². The molecule has 0 aliphatic carbocycles. The Labute approximate surface area is 129 Å². The van der Waals surface area contributed by atoms with Gasteiger partial charge >= 0.3 is 10.4 Å². The number of hydrogen-bond donors (Lipinski definition) is 4. The topological polar surface area (TPSA) is 158 Å². The van der Waals surface area contributed by atoms with Gasteiger partial charge in [-0.25, -0.2) is 0 Å². The predicted octanol–water partition coefficient (Wildman–Crippen LogP) is 0.882. The summed E-state index contributed by atoms with van der Waals surface area (Å²) in [6, 6.07) is 18.2. The summed E-state index contributed by atoms with van der Waals surface area (Å²) in [5, 5.41) is 0. The van der Waals surface area contributed by atoms with E-state index in [1.807, 2.05) is 42.5 Å². The van der Waals surface area contributed by atoms with Gasteiger partial charge in [-0.15, -0.1) is 0 Å². The van der Waals surface area contributed by atoms with Crippen LogP contribution in [0.15, 0.2) is 54.6 Å². The summed E-state index contributed by atoms with van der Waals surface area (Å²) in [5.41, 5.74) is 14.8. The number of anilines is 1. The highest BCUT2D eigenvalue weighted by atomic mass is 32.3. The standard InChI is InChI=1S/C14H16N2.H2O4S.H2O/c15-10-14(11-4-2-1-3-5-11)12-6-8-13(16)9-7-12;1-5(2,3)4;/h1-9,14H,10,15-16H2;(H2,1,2,3,4);1H2. The molecule has 7 nitrogen and oxygen atoms in total. The van der Waals surface area contributed by atoms with Gasteiger partial charge in [-0.1, -0.05) is 42.5 Å². The minimum atomic E-state index is -4.67. The van der Waals surface area contributed by atoms with Crippen LogP contribution in [0.1, 0.15) is 17.0 Å². The fraction of sp³-hybridized carbons (Fsp3) is 0.143. The van der Waals surface area contributed by atoms with E-state index in [-0.39, 0.29) is 11.4 Å². The highest BCUT2D eigenvalue weighted by molar-refractivity contribution is 7.79. The molecule has 2 aromatic rings. The van der Waals surface area contributed by atoms with Crippen molar-refractivity contribution in [2.75, 3.05) is 12.3 Å². The molecule has 2 aromatic carbocycles. The molecule has 0 bridgehead atoms. The van der Waals surface area contributed by atoms with Crippen LogP contribution in [0.5, 0.6) is 0 Å². The first-order valence-electron chi connectivity index (χ1n) is 6.11. The third kappa shape index (κ3) is 7.72. The normalized spacial score (nSPS) is 11.6. The average molecular weight is 328 g/mol. The molecule has 0 saturated heterocycles. The van der Waals surface area contributed by atoms with Gasteiger partial charge in [-0.05, 0) is 23.3 Å². The van der Waals surface area contributed by atoms with E-state index in [1.54, 1.807) is 0 Å². The molecule has 0 saturated carbocycles. The minimum Gasteiger partial charge on any atom is -0.412 e. The van der Waals surface area contributed by atoms with E-state index in [9.17, 15) is 0 Å². The van der Waals surface area contributed by atoms with Crippen molar-refractivity contribution in [1.82, 2.24) is 0 Å². The second-order valence-electron chi connectivity index (χ2n) is 4.31. The third-order valence-corrected chi connectivity index (χ3v) is 2.78. The smallest absolute Gasteiger partial charge is 0.394 e. The van der Waals surface area contributed by atoms with Crippen LogP contribution in [0.3, 0.4) is 0 Å². The summed E-state index contributed by atoms with van der Waals surface area (Å²) in [7, 11) is -4.67. The molecule has 0 amide bonds. The SMILES string of the molecule is NCC(c1ccccc1)c1ccc(N)cc1.O.O=S(=O)(O)O. The van der Waals surface area contributed by atoms with Gasteiger partial charge in [0.25, 0.3) is 0 Å². The maximum absolute atomic E-state index is 8.74. The summed E-state index contributed by atoms with van der Waals surface area (Å²) in [4.78, 5) is 0. The molecule has 0 aliphatic rings. The fourth-order valence-electron chi connectivity index (χ4n) is 1.88. The van der Waals surface area contributed by atoms with Gasteiger partial charge in [-0.3, -0.25) is 9.11 Å². The third-order valence-electron chi connectivity index (χ3n) is 2.78. The lowest BCUT2D eigenvalue weighted by molar-refractivity contribution is 0.381. The molecule has 22 heavy (non-hydrogen) atoms. The fourth-order valence-corrected chi connectivity index (χ4v) is 1.88. The van der Waals surface area contributed by atoms with Crippen molar-refractivity contribution in [1.29, 1.82) is 0 Å². The maximum atomic E-state index is 8.74. The van der Waals surface area contributed by atoms with Crippen molar-refractivity contribution < 1.29 is 23.0 Å². The van der Waals surface area contributed by atoms with E-state index in [2.05, 4.69) is 12.1 Å². The molecular formula is C14H20N2O5S. The van der Waals surface area contributed by atoms with Gasteiger partial charge in [0.1, 0.15) is 0 Å². The molecule has 1 atom stereocenters. The van der Waals surface area contributed by atoms with E-state index in [0.717, 1.165) is 5.69 Å². The van der Waals surface area contributed by atoms with Gasteiger partial charge in [0, 0.05) is 18.2 Å². The minimum absolute atomic E-state index is 0. The zero-order chi connectivity index (χ0) is 15.9. The first kappa shape index (κ1) is 20.0. The lowest BCUT2D eigenvalue weighted by Crippen LogP contribution is -2.13. The molecule has 1 unspecified atom stereocenters. The Morgan fingerprint density at radius 1 is 0.909 bits per heavy atom. The molecule has 0 fully saturated rings. The first-order valence-corrected chi connectivity index (χ1v) is 7.51. The molecule has 0 radical (unpaired) electrons. The molecule has 0 heterocycles. The summed E-state index contributed by atoms with van der Waals surface area (Å²) >= 11 is 0. The van der Waals surface area contributed by atoms with Gasteiger partial charge in [-0.2, -0.15) is 8.42 Å². The van der Waals surface area contributed by atoms with Crippen molar-refractivity contribution in [3.63, 3.8) is 0 Å². The highest BCUT2D eigenvalue weighted by Crippen LogP contribution is 2.23. The van der Waals surface area contributed by atoms with Crippen LogP contribution in [0.4, 0.5) is 5.69 Å². The van der Waals surface area contributed by atoms with E-state index in [0.29, 0.717) is 6.54 Å².